The summed E-state index contributed by atoms with van der Waals surface area (Å²) in [5.41, 5.74) is 6.59. The molecule has 1 heterocycles. The van der Waals surface area contributed by atoms with Gasteiger partial charge in [0.2, 0.25) is 0 Å². The summed E-state index contributed by atoms with van der Waals surface area (Å²) < 4.78 is 0. The summed E-state index contributed by atoms with van der Waals surface area (Å²) in [5.74, 6) is 0. The van der Waals surface area contributed by atoms with E-state index < -0.39 is 0 Å². The molecule has 2 nitrogen and oxygen atoms in total. The summed E-state index contributed by atoms with van der Waals surface area (Å²) in [6.45, 7) is 6.10. The summed E-state index contributed by atoms with van der Waals surface area (Å²) in [6, 6.07) is 0.502. The molecule has 0 amide bonds. The van der Waals surface area contributed by atoms with Crippen molar-refractivity contribution in [2.45, 2.75) is 38.6 Å². The third-order valence-corrected chi connectivity index (χ3v) is 3.71. The molecule has 1 saturated carbocycles. The van der Waals surface area contributed by atoms with E-state index in [1.807, 2.05) is 0 Å². The second-order valence-corrected chi connectivity index (χ2v) is 4.62. The highest BCUT2D eigenvalue weighted by Crippen LogP contribution is 2.44. The molecule has 0 aromatic rings. The molecule has 2 rings (SSSR count). The molecule has 2 aliphatic rings. The molecular formula is C10H20N2. The molecule has 70 valence electrons. The van der Waals surface area contributed by atoms with E-state index in [9.17, 15) is 0 Å². The van der Waals surface area contributed by atoms with Crippen LogP contribution in [-0.4, -0.2) is 30.6 Å². The summed E-state index contributed by atoms with van der Waals surface area (Å²) in [6.07, 6.45) is 5.32. The third-order valence-electron chi connectivity index (χ3n) is 3.71. The van der Waals surface area contributed by atoms with Crippen molar-refractivity contribution in [2.75, 3.05) is 19.6 Å². The Hall–Kier alpha value is -0.0800. The van der Waals surface area contributed by atoms with Gasteiger partial charge in [-0.25, -0.2) is 0 Å². The van der Waals surface area contributed by atoms with Crippen LogP contribution in [0, 0.1) is 5.41 Å². The molecule has 12 heavy (non-hydrogen) atoms. The first-order chi connectivity index (χ1) is 5.74. The molecule has 2 fully saturated rings. The Morgan fingerprint density at radius 2 is 2.33 bits per heavy atom. The highest BCUT2D eigenvalue weighted by Gasteiger charge is 2.42. The number of nitrogens with zero attached hydrogens (tertiary/aromatic N) is 1. The van der Waals surface area contributed by atoms with E-state index in [1.165, 1.54) is 45.3 Å². The van der Waals surface area contributed by atoms with Crippen molar-refractivity contribution in [3.8, 4) is 0 Å². The van der Waals surface area contributed by atoms with E-state index in [2.05, 4.69) is 11.8 Å². The third kappa shape index (κ3) is 1.38. The largest absolute Gasteiger partial charge is 0.328 e. The minimum Gasteiger partial charge on any atom is -0.328 e. The first kappa shape index (κ1) is 8.52. The molecule has 0 aromatic carbocycles. The van der Waals surface area contributed by atoms with Crippen molar-refractivity contribution in [1.82, 2.24) is 4.90 Å². The molecule has 0 aromatic heterocycles. The van der Waals surface area contributed by atoms with Gasteiger partial charge in [-0.05, 0) is 44.2 Å². The van der Waals surface area contributed by atoms with E-state index in [4.69, 9.17) is 5.73 Å². The van der Waals surface area contributed by atoms with Crippen LogP contribution in [0.4, 0.5) is 0 Å². The van der Waals surface area contributed by atoms with Crippen LogP contribution in [0.2, 0.25) is 0 Å². The zero-order valence-corrected chi connectivity index (χ0v) is 8.05. The lowest BCUT2D eigenvalue weighted by Crippen LogP contribution is -2.26. The van der Waals surface area contributed by atoms with Crippen molar-refractivity contribution in [3.63, 3.8) is 0 Å². The predicted molar refractivity (Wildman–Crippen MR) is 51.0 cm³/mol. The molecule has 0 radical (unpaired) electrons. The van der Waals surface area contributed by atoms with E-state index in [0.717, 1.165) is 0 Å². The second-order valence-electron chi connectivity index (χ2n) is 4.62. The lowest BCUT2D eigenvalue weighted by Gasteiger charge is -2.23. The van der Waals surface area contributed by atoms with Crippen LogP contribution in [0.25, 0.3) is 0 Å². The highest BCUT2D eigenvalue weighted by atomic mass is 15.2. The van der Waals surface area contributed by atoms with Gasteiger partial charge in [0.15, 0.2) is 0 Å². The second kappa shape index (κ2) is 3.00. The molecule has 1 aliphatic carbocycles. The first-order valence-corrected chi connectivity index (χ1v) is 5.22. The molecule has 1 spiro atoms. The minimum absolute atomic E-state index is 0.502. The van der Waals surface area contributed by atoms with E-state index >= 15 is 0 Å². The molecule has 1 saturated heterocycles. The smallest absolute Gasteiger partial charge is 0.00448 e. The maximum atomic E-state index is 5.96. The molecule has 2 atom stereocenters. The first-order valence-electron chi connectivity index (χ1n) is 5.22. The molecule has 0 unspecified atom stereocenters. The van der Waals surface area contributed by atoms with Gasteiger partial charge in [0.1, 0.15) is 0 Å². The lowest BCUT2D eigenvalue weighted by molar-refractivity contribution is 0.267. The van der Waals surface area contributed by atoms with Gasteiger partial charge in [-0.15, -0.1) is 0 Å². The summed E-state index contributed by atoms with van der Waals surface area (Å²) in [4.78, 5) is 2.57. The molecular weight excluding hydrogens is 148 g/mol. The van der Waals surface area contributed by atoms with Gasteiger partial charge in [-0.3, -0.25) is 0 Å². The SMILES string of the molecule is CCN1CC[C@@]2(CC[C@@H](N)C2)C1. The van der Waals surface area contributed by atoms with Gasteiger partial charge in [0, 0.05) is 12.6 Å². The summed E-state index contributed by atoms with van der Waals surface area (Å²) in [7, 11) is 0. The van der Waals surface area contributed by atoms with E-state index in [1.54, 1.807) is 0 Å². The van der Waals surface area contributed by atoms with Crippen molar-refractivity contribution >= 4 is 0 Å². The van der Waals surface area contributed by atoms with Crippen molar-refractivity contribution in [3.05, 3.63) is 0 Å². The van der Waals surface area contributed by atoms with Crippen LogP contribution in [0.3, 0.4) is 0 Å². The van der Waals surface area contributed by atoms with Gasteiger partial charge >= 0.3 is 0 Å². The average molecular weight is 168 g/mol. The van der Waals surface area contributed by atoms with Crippen LogP contribution < -0.4 is 5.73 Å². The Bertz CT molecular complexity index is 169. The maximum absolute atomic E-state index is 5.96. The lowest BCUT2D eigenvalue weighted by atomic mass is 9.85. The van der Waals surface area contributed by atoms with Crippen molar-refractivity contribution in [1.29, 1.82) is 0 Å². The van der Waals surface area contributed by atoms with Crippen LogP contribution in [-0.2, 0) is 0 Å². The fourth-order valence-electron chi connectivity index (χ4n) is 2.92. The normalized spacial score (nSPS) is 43.0. The number of hydrogen-bond acceptors (Lipinski definition) is 2. The standard InChI is InChI=1S/C10H20N2/c1-2-12-6-5-10(8-12)4-3-9(11)7-10/h9H,2-8,11H2,1H3/t9-,10-/m1/s1. The van der Waals surface area contributed by atoms with Crippen LogP contribution in [0.15, 0.2) is 0 Å². The topological polar surface area (TPSA) is 29.3 Å². The van der Waals surface area contributed by atoms with Crippen molar-refractivity contribution < 1.29 is 0 Å². The maximum Gasteiger partial charge on any atom is 0.00448 e. The van der Waals surface area contributed by atoms with Crippen LogP contribution >= 0.6 is 0 Å². The Morgan fingerprint density at radius 1 is 1.50 bits per heavy atom. The Morgan fingerprint density at radius 3 is 2.83 bits per heavy atom. The molecule has 2 heteroatoms. The summed E-state index contributed by atoms with van der Waals surface area (Å²) >= 11 is 0. The average Bonchev–Trinajstić information content (AvgIpc) is 2.61. The number of nitrogens with two attached hydrogens (primary N) is 1. The van der Waals surface area contributed by atoms with Crippen LogP contribution in [0.1, 0.15) is 32.6 Å². The monoisotopic (exact) mass is 168 g/mol. The van der Waals surface area contributed by atoms with E-state index in [0.29, 0.717) is 11.5 Å². The van der Waals surface area contributed by atoms with Gasteiger partial charge in [0.25, 0.3) is 0 Å². The Balaban J connectivity index is 1.97. The summed E-state index contributed by atoms with van der Waals surface area (Å²) in [5, 5.41) is 0. The number of hydrogen-bond donors (Lipinski definition) is 1. The Labute approximate surface area is 75.1 Å². The van der Waals surface area contributed by atoms with Gasteiger partial charge in [0.05, 0.1) is 0 Å². The predicted octanol–water partition coefficient (Wildman–Crippen LogP) is 1.21. The zero-order valence-electron chi connectivity index (χ0n) is 8.05. The highest BCUT2D eigenvalue weighted by molar-refractivity contribution is 4.97. The number of likely N-dealkylation sites (tertiary alicyclic amines) is 1. The van der Waals surface area contributed by atoms with Gasteiger partial charge in [-0.2, -0.15) is 0 Å². The molecule has 2 N–H and O–H groups in total. The minimum atomic E-state index is 0.502. The Kier molecular flexibility index (Phi) is 2.13. The molecule has 0 bridgehead atoms. The quantitative estimate of drug-likeness (QED) is 0.637. The van der Waals surface area contributed by atoms with Gasteiger partial charge in [-0.1, -0.05) is 6.92 Å². The fraction of sp³-hybridized carbons (Fsp3) is 1.00. The molecule has 1 aliphatic heterocycles. The van der Waals surface area contributed by atoms with Crippen LogP contribution in [0.5, 0.6) is 0 Å². The fourth-order valence-corrected chi connectivity index (χ4v) is 2.92. The zero-order chi connectivity index (χ0) is 8.60. The number of rotatable bonds is 1. The van der Waals surface area contributed by atoms with Crippen molar-refractivity contribution in [2.24, 2.45) is 11.1 Å². The van der Waals surface area contributed by atoms with Gasteiger partial charge < -0.3 is 10.6 Å². The van der Waals surface area contributed by atoms with E-state index in [-0.39, 0.29) is 0 Å².